The molecule has 1 saturated heterocycles. The first-order valence-corrected chi connectivity index (χ1v) is 9.85. The lowest BCUT2D eigenvalue weighted by Gasteiger charge is -2.32. The number of nitrogens with one attached hydrogen (secondary N) is 1. The van der Waals surface area contributed by atoms with E-state index in [2.05, 4.69) is 10.2 Å². The summed E-state index contributed by atoms with van der Waals surface area (Å²) in [4.78, 5) is 14.5. The van der Waals surface area contributed by atoms with E-state index in [1.54, 1.807) is 4.90 Å². The lowest BCUT2D eigenvalue weighted by molar-refractivity contribution is 0.0705. The van der Waals surface area contributed by atoms with E-state index in [1.165, 1.54) is 23.8 Å². The van der Waals surface area contributed by atoms with Gasteiger partial charge in [0.1, 0.15) is 4.90 Å². The maximum Gasteiger partial charge on any atom is 0.254 e. The number of piperidine rings is 1. The normalized spacial score (nSPS) is 19.3. The van der Waals surface area contributed by atoms with Crippen molar-refractivity contribution in [3.05, 3.63) is 34.3 Å². The molecule has 2 aromatic heterocycles. The van der Waals surface area contributed by atoms with Crippen LogP contribution in [0.2, 0.25) is 0 Å². The second-order valence-electron chi connectivity index (χ2n) is 5.52. The number of aromatic nitrogens is 2. The second-order valence-corrected chi connectivity index (χ2v) is 8.29. The molecule has 6 nitrogen and oxygen atoms in total. The number of rotatable bonds is 3. The van der Waals surface area contributed by atoms with Crippen molar-refractivity contribution >= 4 is 27.1 Å². The van der Waals surface area contributed by atoms with Crippen LogP contribution in [0.25, 0.3) is 0 Å². The fourth-order valence-corrected chi connectivity index (χ4v) is 4.32. The molecule has 0 bridgehead atoms. The SMILES string of the molecule is CS(=O)(=O)c1cn[nH]c1C1CCCN(C(=O)c2ccsc2)C1. The average Bonchev–Trinajstić information content (AvgIpc) is 3.17. The van der Waals surface area contributed by atoms with Crippen molar-refractivity contribution in [2.45, 2.75) is 23.7 Å². The Balaban J connectivity index is 1.82. The molecule has 1 amide bonds. The first-order valence-electron chi connectivity index (χ1n) is 7.01. The third-order valence-electron chi connectivity index (χ3n) is 3.92. The Morgan fingerprint density at radius 2 is 2.32 bits per heavy atom. The molecule has 3 heterocycles. The third kappa shape index (κ3) is 2.93. The number of aromatic amines is 1. The molecule has 0 radical (unpaired) electrons. The number of H-pyrrole nitrogens is 1. The van der Waals surface area contributed by atoms with Gasteiger partial charge in [0.2, 0.25) is 0 Å². The van der Waals surface area contributed by atoms with Gasteiger partial charge in [-0.1, -0.05) is 0 Å². The van der Waals surface area contributed by atoms with Gasteiger partial charge in [-0.15, -0.1) is 0 Å². The van der Waals surface area contributed by atoms with E-state index in [-0.39, 0.29) is 16.7 Å². The minimum atomic E-state index is -3.32. The van der Waals surface area contributed by atoms with E-state index in [0.29, 0.717) is 24.3 Å². The van der Waals surface area contributed by atoms with Crippen molar-refractivity contribution in [1.82, 2.24) is 15.1 Å². The molecule has 22 heavy (non-hydrogen) atoms. The van der Waals surface area contributed by atoms with Crippen LogP contribution in [0, 0.1) is 0 Å². The number of carbonyl (C=O) groups excluding carboxylic acids is 1. The highest BCUT2D eigenvalue weighted by Crippen LogP contribution is 2.30. The molecule has 1 atom stereocenters. The molecule has 1 N–H and O–H groups in total. The van der Waals surface area contributed by atoms with Gasteiger partial charge in [-0.25, -0.2) is 8.42 Å². The molecule has 1 aliphatic heterocycles. The fourth-order valence-electron chi connectivity index (χ4n) is 2.84. The summed E-state index contributed by atoms with van der Waals surface area (Å²) in [7, 11) is -3.32. The van der Waals surface area contributed by atoms with Crippen molar-refractivity contribution < 1.29 is 13.2 Å². The lowest BCUT2D eigenvalue weighted by Crippen LogP contribution is -2.39. The molecule has 1 aliphatic rings. The Morgan fingerprint density at radius 1 is 1.50 bits per heavy atom. The molecule has 0 saturated carbocycles. The van der Waals surface area contributed by atoms with Crippen molar-refractivity contribution in [3.63, 3.8) is 0 Å². The zero-order chi connectivity index (χ0) is 15.7. The summed E-state index contributed by atoms with van der Waals surface area (Å²) < 4.78 is 23.6. The van der Waals surface area contributed by atoms with Crippen LogP contribution in [-0.4, -0.2) is 48.8 Å². The van der Waals surface area contributed by atoms with E-state index < -0.39 is 9.84 Å². The quantitative estimate of drug-likeness (QED) is 0.926. The highest BCUT2D eigenvalue weighted by Gasteiger charge is 2.30. The fraction of sp³-hybridized carbons (Fsp3) is 0.429. The van der Waals surface area contributed by atoms with Crippen LogP contribution in [0.5, 0.6) is 0 Å². The van der Waals surface area contributed by atoms with Crippen LogP contribution in [0.4, 0.5) is 0 Å². The summed E-state index contributed by atoms with van der Waals surface area (Å²) in [5.41, 5.74) is 1.31. The number of thiophene rings is 1. The summed E-state index contributed by atoms with van der Waals surface area (Å²) >= 11 is 1.49. The largest absolute Gasteiger partial charge is 0.338 e. The number of likely N-dealkylation sites (tertiary alicyclic amines) is 1. The molecule has 118 valence electrons. The van der Waals surface area contributed by atoms with E-state index in [9.17, 15) is 13.2 Å². The summed E-state index contributed by atoms with van der Waals surface area (Å²) in [6.45, 7) is 1.22. The molecule has 0 aliphatic carbocycles. The van der Waals surface area contributed by atoms with Gasteiger partial charge < -0.3 is 4.90 Å². The Morgan fingerprint density at radius 3 is 3.00 bits per heavy atom. The molecular formula is C14H17N3O3S2. The molecule has 8 heteroatoms. The van der Waals surface area contributed by atoms with Crippen LogP contribution in [-0.2, 0) is 9.84 Å². The monoisotopic (exact) mass is 339 g/mol. The van der Waals surface area contributed by atoms with E-state index in [4.69, 9.17) is 0 Å². The van der Waals surface area contributed by atoms with Crippen LogP contribution in [0.1, 0.15) is 34.8 Å². The van der Waals surface area contributed by atoms with Gasteiger partial charge in [0.25, 0.3) is 5.91 Å². The van der Waals surface area contributed by atoms with E-state index >= 15 is 0 Å². The van der Waals surface area contributed by atoms with Crippen molar-refractivity contribution in [2.75, 3.05) is 19.3 Å². The Bertz CT molecular complexity index is 765. The average molecular weight is 339 g/mol. The van der Waals surface area contributed by atoms with Gasteiger partial charge in [-0.2, -0.15) is 16.4 Å². The number of hydrogen-bond donors (Lipinski definition) is 1. The number of sulfone groups is 1. The minimum absolute atomic E-state index is 0.00590. The first-order chi connectivity index (χ1) is 10.5. The molecule has 1 unspecified atom stereocenters. The number of carbonyl (C=O) groups is 1. The van der Waals surface area contributed by atoms with E-state index in [0.717, 1.165) is 12.8 Å². The van der Waals surface area contributed by atoms with Crippen molar-refractivity contribution in [2.24, 2.45) is 0 Å². The van der Waals surface area contributed by atoms with E-state index in [1.807, 2.05) is 16.8 Å². The number of nitrogens with zero attached hydrogens (tertiary/aromatic N) is 2. The van der Waals surface area contributed by atoms with Crippen LogP contribution < -0.4 is 0 Å². The zero-order valence-electron chi connectivity index (χ0n) is 12.2. The Labute approximate surface area is 133 Å². The minimum Gasteiger partial charge on any atom is -0.338 e. The molecule has 3 rings (SSSR count). The maximum absolute atomic E-state index is 12.4. The molecule has 0 aromatic carbocycles. The number of amides is 1. The maximum atomic E-state index is 12.4. The molecular weight excluding hydrogens is 322 g/mol. The van der Waals surface area contributed by atoms with Crippen LogP contribution in [0.15, 0.2) is 27.9 Å². The highest BCUT2D eigenvalue weighted by atomic mass is 32.2. The van der Waals surface area contributed by atoms with Gasteiger partial charge in [-0.3, -0.25) is 9.89 Å². The van der Waals surface area contributed by atoms with Crippen molar-refractivity contribution in [3.8, 4) is 0 Å². The topological polar surface area (TPSA) is 83.1 Å². The molecule has 0 spiro atoms. The van der Waals surface area contributed by atoms with Crippen LogP contribution in [0.3, 0.4) is 0 Å². The van der Waals surface area contributed by atoms with Gasteiger partial charge in [0, 0.05) is 30.6 Å². The lowest BCUT2D eigenvalue weighted by atomic mass is 9.94. The van der Waals surface area contributed by atoms with Crippen molar-refractivity contribution in [1.29, 1.82) is 0 Å². The summed E-state index contributed by atoms with van der Waals surface area (Å²) in [6, 6.07) is 1.81. The molecule has 1 fully saturated rings. The highest BCUT2D eigenvalue weighted by molar-refractivity contribution is 7.90. The summed E-state index contributed by atoms with van der Waals surface area (Å²) in [6.07, 6.45) is 4.23. The number of hydrogen-bond acceptors (Lipinski definition) is 5. The van der Waals surface area contributed by atoms with Gasteiger partial charge in [0.05, 0.1) is 17.5 Å². The zero-order valence-corrected chi connectivity index (χ0v) is 13.8. The first kappa shape index (κ1) is 15.2. The van der Waals surface area contributed by atoms with Gasteiger partial charge in [-0.05, 0) is 24.3 Å². The third-order valence-corrected chi connectivity index (χ3v) is 5.72. The Hall–Kier alpha value is -1.67. The van der Waals surface area contributed by atoms with Gasteiger partial charge >= 0.3 is 0 Å². The summed E-state index contributed by atoms with van der Waals surface area (Å²) in [5, 5.41) is 10.4. The second kappa shape index (κ2) is 5.85. The smallest absolute Gasteiger partial charge is 0.254 e. The van der Waals surface area contributed by atoms with Gasteiger partial charge in [0.15, 0.2) is 9.84 Å². The standard InChI is InChI=1S/C14H17N3O3S2/c1-22(19,20)12-7-15-16-13(12)10-3-2-5-17(8-10)14(18)11-4-6-21-9-11/h4,6-7,9-10H,2-3,5,8H2,1H3,(H,15,16). The van der Waals surface area contributed by atoms with Crippen LogP contribution >= 0.6 is 11.3 Å². The Kier molecular flexibility index (Phi) is 4.05. The predicted octanol–water partition coefficient (Wildman–Crippen LogP) is 1.89. The molecule has 2 aromatic rings. The summed E-state index contributed by atoms with van der Waals surface area (Å²) in [5.74, 6) is -0.0186. The predicted molar refractivity (Wildman–Crippen MR) is 83.9 cm³/mol.